The van der Waals surface area contributed by atoms with Crippen LogP contribution in [0.15, 0.2) is 0 Å². The van der Waals surface area contributed by atoms with E-state index in [2.05, 4.69) is 40.0 Å². The Balaban J connectivity index is 2.46. The second-order valence-electron chi connectivity index (χ2n) is 4.26. The Morgan fingerprint density at radius 3 is 2.75 bits per heavy atom. The standard InChI is InChI=1S/C9H19BNO/c1-5-10-8-6-11(4)7-9(2,3)12-8/h8H,5-7H2,1-4H3/t8-/m1/s1. The van der Waals surface area contributed by atoms with E-state index in [-0.39, 0.29) is 5.60 Å². The lowest BCUT2D eigenvalue weighted by Crippen LogP contribution is -2.52. The summed E-state index contributed by atoms with van der Waals surface area (Å²) in [6.07, 6.45) is 1.09. The predicted molar refractivity (Wildman–Crippen MR) is 52.7 cm³/mol. The number of ether oxygens (including phenoxy) is 1. The van der Waals surface area contributed by atoms with Crippen LogP contribution in [0.5, 0.6) is 0 Å². The zero-order valence-corrected chi connectivity index (χ0v) is 8.63. The van der Waals surface area contributed by atoms with E-state index in [1.807, 2.05) is 0 Å². The summed E-state index contributed by atoms with van der Waals surface area (Å²) < 4.78 is 5.89. The van der Waals surface area contributed by atoms with Gasteiger partial charge in [0.15, 0.2) is 7.28 Å². The highest BCUT2D eigenvalue weighted by atomic mass is 16.5. The summed E-state index contributed by atoms with van der Waals surface area (Å²) >= 11 is 0. The normalized spacial score (nSPS) is 30.2. The molecule has 1 aliphatic heterocycles. The van der Waals surface area contributed by atoms with Gasteiger partial charge in [0, 0.05) is 19.1 Å². The molecule has 0 amide bonds. The quantitative estimate of drug-likeness (QED) is 0.574. The molecule has 1 fully saturated rings. The molecule has 0 aromatic rings. The third-order valence-electron chi connectivity index (χ3n) is 2.11. The third kappa shape index (κ3) is 2.79. The predicted octanol–water partition coefficient (Wildman–Crippen LogP) is 1.20. The van der Waals surface area contributed by atoms with E-state index in [0.29, 0.717) is 6.00 Å². The van der Waals surface area contributed by atoms with Crippen molar-refractivity contribution in [3.05, 3.63) is 0 Å². The molecule has 3 heteroatoms. The SMILES string of the molecule is CC[B][C@H]1CN(C)CC(C)(C)O1. The van der Waals surface area contributed by atoms with Gasteiger partial charge in [0.1, 0.15) is 0 Å². The average molecular weight is 168 g/mol. The summed E-state index contributed by atoms with van der Waals surface area (Å²) in [5.74, 6) is 0. The Morgan fingerprint density at radius 2 is 2.25 bits per heavy atom. The van der Waals surface area contributed by atoms with Crippen LogP contribution in [0.1, 0.15) is 20.8 Å². The molecule has 0 bridgehead atoms. The second-order valence-corrected chi connectivity index (χ2v) is 4.26. The molecule has 1 radical (unpaired) electrons. The van der Waals surface area contributed by atoms with E-state index in [4.69, 9.17) is 4.74 Å². The molecule has 0 unspecified atom stereocenters. The average Bonchev–Trinajstić information content (AvgIpc) is 1.82. The maximum Gasteiger partial charge on any atom is 0.150 e. The Kier molecular flexibility index (Phi) is 3.19. The van der Waals surface area contributed by atoms with Crippen LogP contribution in [0, 0.1) is 0 Å². The van der Waals surface area contributed by atoms with Crippen molar-refractivity contribution in [2.24, 2.45) is 0 Å². The highest BCUT2D eigenvalue weighted by Gasteiger charge is 2.30. The molecular formula is C9H19BNO. The van der Waals surface area contributed by atoms with Gasteiger partial charge in [-0.15, -0.1) is 0 Å². The number of likely N-dealkylation sites (N-methyl/N-ethyl adjacent to an activating group) is 1. The first kappa shape index (κ1) is 10.1. The van der Waals surface area contributed by atoms with Gasteiger partial charge in [0.25, 0.3) is 0 Å². The van der Waals surface area contributed by atoms with E-state index in [9.17, 15) is 0 Å². The molecule has 1 rings (SSSR count). The molecule has 69 valence electrons. The lowest BCUT2D eigenvalue weighted by molar-refractivity contribution is -0.0995. The maximum atomic E-state index is 5.89. The molecule has 0 N–H and O–H groups in total. The minimum absolute atomic E-state index is 0.0172. The first-order chi connectivity index (χ1) is 5.53. The number of hydrogen-bond acceptors (Lipinski definition) is 2. The highest BCUT2D eigenvalue weighted by molar-refractivity contribution is 6.37. The molecular weight excluding hydrogens is 149 g/mol. The zero-order valence-electron chi connectivity index (χ0n) is 8.63. The summed E-state index contributed by atoms with van der Waals surface area (Å²) in [5, 5.41) is 0. The monoisotopic (exact) mass is 168 g/mol. The lowest BCUT2D eigenvalue weighted by atomic mass is 9.68. The molecule has 1 saturated heterocycles. The van der Waals surface area contributed by atoms with Gasteiger partial charge < -0.3 is 9.64 Å². The molecule has 2 nitrogen and oxygen atoms in total. The van der Waals surface area contributed by atoms with Crippen LogP contribution < -0.4 is 0 Å². The van der Waals surface area contributed by atoms with Crippen molar-refractivity contribution >= 4 is 7.28 Å². The number of morpholine rings is 1. The van der Waals surface area contributed by atoms with Crippen LogP contribution in [0.2, 0.25) is 6.32 Å². The van der Waals surface area contributed by atoms with Gasteiger partial charge in [0.05, 0.1) is 5.60 Å². The van der Waals surface area contributed by atoms with E-state index < -0.39 is 0 Å². The first-order valence-electron chi connectivity index (χ1n) is 4.73. The second kappa shape index (κ2) is 3.80. The van der Waals surface area contributed by atoms with Crippen LogP contribution in [-0.4, -0.2) is 43.9 Å². The molecule has 0 saturated carbocycles. The van der Waals surface area contributed by atoms with Crippen LogP contribution >= 0.6 is 0 Å². The molecule has 1 atom stereocenters. The largest absolute Gasteiger partial charge is 0.379 e. The number of nitrogens with zero attached hydrogens (tertiary/aromatic N) is 1. The minimum Gasteiger partial charge on any atom is -0.379 e. The van der Waals surface area contributed by atoms with E-state index in [1.54, 1.807) is 0 Å². The summed E-state index contributed by atoms with van der Waals surface area (Å²) in [6, 6.07) is 0.323. The summed E-state index contributed by atoms with van der Waals surface area (Å²) in [7, 11) is 4.40. The topological polar surface area (TPSA) is 12.5 Å². The number of rotatable bonds is 2. The Morgan fingerprint density at radius 1 is 1.58 bits per heavy atom. The van der Waals surface area contributed by atoms with Crippen molar-refractivity contribution in [3.63, 3.8) is 0 Å². The lowest BCUT2D eigenvalue weighted by Gasteiger charge is -2.41. The zero-order chi connectivity index (χ0) is 9.19. The molecule has 1 aliphatic rings. The van der Waals surface area contributed by atoms with Gasteiger partial charge in [-0.2, -0.15) is 0 Å². The van der Waals surface area contributed by atoms with Gasteiger partial charge in [-0.05, 0) is 20.9 Å². The maximum absolute atomic E-state index is 5.89. The van der Waals surface area contributed by atoms with Crippen LogP contribution in [-0.2, 0) is 4.74 Å². The van der Waals surface area contributed by atoms with Crippen LogP contribution in [0.3, 0.4) is 0 Å². The molecule has 1 heterocycles. The fourth-order valence-electron chi connectivity index (χ4n) is 1.89. The Bertz CT molecular complexity index is 149. The minimum atomic E-state index is 0.0172. The van der Waals surface area contributed by atoms with Crippen molar-refractivity contribution < 1.29 is 4.74 Å². The van der Waals surface area contributed by atoms with Crippen molar-refractivity contribution in [1.82, 2.24) is 4.90 Å². The molecule has 12 heavy (non-hydrogen) atoms. The Hall–Kier alpha value is -0.0151. The third-order valence-corrected chi connectivity index (χ3v) is 2.11. The molecule has 0 aliphatic carbocycles. The van der Waals surface area contributed by atoms with Gasteiger partial charge in [-0.3, -0.25) is 0 Å². The van der Waals surface area contributed by atoms with Gasteiger partial charge in [0.2, 0.25) is 0 Å². The smallest absolute Gasteiger partial charge is 0.150 e. The first-order valence-corrected chi connectivity index (χ1v) is 4.73. The Labute approximate surface area is 76.5 Å². The summed E-state index contributed by atoms with van der Waals surface area (Å²) in [6.45, 7) is 8.53. The fourth-order valence-corrected chi connectivity index (χ4v) is 1.89. The molecule has 0 spiro atoms. The fraction of sp³-hybridized carbons (Fsp3) is 1.00. The molecule has 0 aromatic heterocycles. The van der Waals surface area contributed by atoms with Gasteiger partial charge in [-0.25, -0.2) is 0 Å². The van der Waals surface area contributed by atoms with Gasteiger partial charge in [-0.1, -0.05) is 13.2 Å². The van der Waals surface area contributed by atoms with Gasteiger partial charge >= 0.3 is 0 Å². The van der Waals surface area contributed by atoms with Crippen molar-refractivity contribution in [2.45, 2.75) is 38.7 Å². The van der Waals surface area contributed by atoms with Crippen LogP contribution in [0.4, 0.5) is 0 Å². The summed E-state index contributed by atoms with van der Waals surface area (Å²) in [4.78, 5) is 2.33. The van der Waals surface area contributed by atoms with Crippen molar-refractivity contribution in [1.29, 1.82) is 0 Å². The van der Waals surface area contributed by atoms with E-state index in [0.717, 1.165) is 19.4 Å². The molecule has 0 aromatic carbocycles. The van der Waals surface area contributed by atoms with E-state index >= 15 is 0 Å². The van der Waals surface area contributed by atoms with E-state index in [1.165, 1.54) is 0 Å². The summed E-state index contributed by atoms with van der Waals surface area (Å²) in [5.41, 5.74) is 0.0172. The highest BCUT2D eigenvalue weighted by Crippen LogP contribution is 2.19. The van der Waals surface area contributed by atoms with Crippen molar-refractivity contribution in [3.8, 4) is 0 Å². The van der Waals surface area contributed by atoms with Crippen LogP contribution in [0.25, 0.3) is 0 Å². The van der Waals surface area contributed by atoms with Crippen molar-refractivity contribution in [2.75, 3.05) is 20.1 Å². The number of hydrogen-bond donors (Lipinski definition) is 0.